The van der Waals surface area contributed by atoms with E-state index in [1.807, 2.05) is 0 Å². The Morgan fingerprint density at radius 1 is 1.25 bits per heavy atom. The number of halogens is 2. The second-order valence-electron chi connectivity index (χ2n) is 2.55. The zero-order valence-electron chi connectivity index (χ0n) is 7.45. The van der Waals surface area contributed by atoms with Gasteiger partial charge in [-0.2, -0.15) is 4.39 Å². The van der Waals surface area contributed by atoms with Crippen molar-refractivity contribution >= 4 is 11.8 Å². The molecule has 0 aliphatic carbocycles. The number of rotatable bonds is 3. The monoisotopic (exact) mass is 190 g/mol. The van der Waals surface area contributed by atoms with E-state index in [1.54, 1.807) is 13.8 Å². The number of allylic oxidation sites excluding steroid dienone is 3. The predicted octanol–water partition coefficient (Wildman–Crippen LogP) is 4.33. The molecule has 0 unspecified atom stereocenters. The molecule has 0 N–H and O–H groups in total. The van der Waals surface area contributed by atoms with Crippen LogP contribution in [0.2, 0.25) is 0 Å². The summed E-state index contributed by atoms with van der Waals surface area (Å²) in [6.07, 6.45) is 1.30. The smallest absolute Gasteiger partial charge is 0.154 e. The molecule has 0 saturated carbocycles. The van der Waals surface area contributed by atoms with Gasteiger partial charge in [-0.1, -0.05) is 23.9 Å². The normalized spacial score (nSPS) is 11.2. The molecule has 0 spiro atoms. The van der Waals surface area contributed by atoms with Crippen molar-refractivity contribution in [3.8, 4) is 0 Å². The van der Waals surface area contributed by atoms with Gasteiger partial charge in [0.05, 0.1) is 5.83 Å². The highest BCUT2D eigenvalue weighted by molar-refractivity contribution is 8.06. The standard InChI is InChI=1S/C9H12F2S/c1-6(2)9(5-7(3)10)12-8(4)11/h5H,4H2,1-3H3/b7-5+. The van der Waals surface area contributed by atoms with Crippen LogP contribution in [-0.2, 0) is 0 Å². The molecule has 0 heterocycles. The van der Waals surface area contributed by atoms with Crippen molar-refractivity contribution in [2.24, 2.45) is 0 Å². The van der Waals surface area contributed by atoms with E-state index in [0.29, 0.717) is 4.91 Å². The van der Waals surface area contributed by atoms with Crippen LogP contribution in [0, 0.1) is 0 Å². The Morgan fingerprint density at radius 2 is 1.75 bits per heavy atom. The Bertz CT molecular complexity index is 231. The van der Waals surface area contributed by atoms with Crippen molar-refractivity contribution in [2.75, 3.05) is 0 Å². The summed E-state index contributed by atoms with van der Waals surface area (Å²) in [4.78, 5) is 0.572. The van der Waals surface area contributed by atoms with Crippen LogP contribution in [0.1, 0.15) is 20.8 Å². The van der Waals surface area contributed by atoms with Crippen LogP contribution in [0.25, 0.3) is 0 Å². The van der Waals surface area contributed by atoms with E-state index in [2.05, 4.69) is 6.58 Å². The fourth-order valence-corrected chi connectivity index (χ4v) is 1.24. The number of thioether (sulfide) groups is 1. The lowest BCUT2D eigenvalue weighted by molar-refractivity contribution is 0.640. The van der Waals surface area contributed by atoms with E-state index in [4.69, 9.17) is 0 Å². The lowest BCUT2D eigenvalue weighted by atomic mass is 10.3. The lowest BCUT2D eigenvalue weighted by Crippen LogP contribution is -1.77. The van der Waals surface area contributed by atoms with E-state index >= 15 is 0 Å². The first-order chi connectivity index (χ1) is 5.43. The quantitative estimate of drug-likeness (QED) is 0.597. The molecule has 0 aromatic rings. The van der Waals surface area contributed by atoms with E-state index in [1.165, 1.54) is 13.0 Å². The van der Waals surface area contributed by atoms with E-state index in [0.717, 1.165) is 17.3 Å². The minimum absolute atomic E-state index is 0.333. The maximum atomic E-state index is 12.4. The molecule has 0 aliphatic heterocycles. The van der Waals surface area contributed by atoms with Crippen molar-refractivity contribution in [1.82, 2.24) is 0 Å². The van der Waals surface area contributed by atoms with Gasteiger partial charge in [0.25, 0.3) is 0 Å². The van der Waals surface area contributed by atoms with Crippen LogP contribution in [0.4, 0.5) is 8.78 Å². The number of hydrogen-bond acceptors (Lipinski definition) is 1. The third-order valence-corrected chi connectivity index (χ3v) is 2.01. The van der Waals surface area contributed by atoms with Gasteiger partial charge in [-0.25, -0.2) is 4.39 Å². The second-order valence-corrected chi connectivity index (χ2v) is 3.64. The van der Waals surface area contributed by atoms with Gasteiger partial charge >= 0.3 is 0 Å². The van der Waals surface area contributed by atoms with Crippen molar-refractivity contribution in [3.05, 3.63) is 34.1 Å². The lowest BCUT2D eigenvalue weighted by Gasteiger charge is -2.01. The summed E-state index contributed by atoms with van der Waals surface area (Å²) in [7, 11) is 0. The number of hydrogen-bond donors (Lipinski definition) is 0. The van der Waals surface area contributed by atoms with Crippen LogP contribution in [0.5, 0.6) is 0 Å². The molecule has 0 aromatic carbocycles. The predicted molar refractivity (Wildman–Crippen MR) is 51.1 cm³/mol. The van der Waals surface area contributed by atoms with E-state index < -0.39 is 5.16 Å². The molecule has 0 aliphatic rings. The maximum Gasteiger partial charge on any atom is 0.154 e. The summed E-state index contributed by atoms with van der Waals surface area (Å²) in [5, 5.41) is -0.524. The molecule has 3 heteroatoms. The summed E-state index contributed by atoms with van der Waals surface area (Å²) in [5.41, 5.74) is 0.871. The van der Waals surface area contributed by atoms with Gasteiger partial charge in [0, 0.05) is 4.91 Å². The fourth-order valence-electron chi connectivity index (χ4n) is 0.576. The molecule has 0 fully saturated rings. The Hall–Kier alpha value is -0.570. The van der Waals surface area contributed by atoms with Gasteiger partial charge in [0.2, 0.25) is 0 Å². The second kappa shape index (κ2) is 5.14. The van der Waals surface area contributed by atoms with Gasteiger partial charge in [0.15, 0.2) is 5.16 Å². The van der Waals surface area contributed by atoms with Crippen LogP contribution >= 0.6 is 11.8 Å². The van der Waals surface area contributed by atoms with E-state index in [-0.39, 0.29) is 5.83 Å². The van der Waals surface area contributed by atoms with Crippen LogP contribution in [-0.4, -0.2) is 0 Å². The summed E-state index contributed by atoms with van der Waals surface area (Å²) >= 11 is 0.838. The van der Waals surface area contributed by atoms with Gasteiger partial charge in [0.1, 0.15) is 0 Å². The third-order valence-electron chi connectivity index (χ3n) is 1.04. The van der Waals surface area contributed by atoms with Crippen LogP contribution in [0.15, 0.2) is 34.1 Å². The third kappa shape index (κ3) is 5.13. The fraction of sp³-hybridized carbons (Fsp3) is 0.333. The minimum Gasteiger partial charge on any atom is -0.212 e. The molecule has 0 aromatic heterocycles. The highest BCUT2D eigenvalue weighted by Gasteiger charge is 2.00. The average molecular weight is 190 g/mol. The molecule has 0 bridgehead atoms. The van der Waals surface area contributed by atoms with Crippen molar-refractivity contribution in [2.45, 2.75) is 20.8 Å². The molecular formula is C9H12F2S. The first-order valence-electron chi connectivity index (χ1n) is 3.47. The Balaban J connectivity index is 4.60. The Kier molecular flexibility index (Phi) is 4.90. The summed E-state index contributed by atoms with van der Waals surface area (Å²) in [5.74, 6) is -0.333. The van der Waals surface area contributed by atoms with Crippen LogP contribution < -0.4 is 0 Å². The molecular weight excluding hydrogens is 178 g/mol. The van der Waals surface area contributed by atoms with Gasteiger partial charge in [-0.15, -0.1) is 0 Å². The first kappa shape index (κ1) is 11.4. The molecule has 68 valence electrons. The van der Waals surface area contributed by atoms with E-state index in [9.17, 15) is 8.78 Å². The molecule has 0 amide bonds. The van der Waals surface area contributed by atoms with Crippen molar-refractivity contribution < 1.29 is 8.78 Å². The molecule has 0 saturated heterocycles. The molecule has 0 nitrogen and oxygen atoms in total. The summed E-state index contributed by atoms with van der Waals surface area (Å²) in [6, 6.07) is 0. The largest absolute Gasteiger partial charge is 0.212 e. The van der Waals surface area contributed by atoms with Crippen LogP contribution in [0.3, 0.4) is 0 Å². The Labute approximate surface area is 76.0 Å². The first-order valence-corrected chi connectivity index (χ1v) is 4.28. The molecule has 0 rings (SSSR count). The maximum absolute atomic E-state index is 12.4. The van der Waals surface area contributed by atoms with Gasteiger partial charge < -0.3 is 0 Å². The minimum atomic E-state index is -0.524. The Morgan fingerprint density at radius 3 is 2.00 bits per heavy atom. The van der Waals surface area contributed by atoms with Crippen molar-refractivity contribution in [3.63, 3.8) is 0 Å². The summed E-state index contributed by atoms with van der Waals surface area (Å²) in [6.45, 7) is 8.01. The molecule has 12 heavy (non-hydrogen) atoms. The highest BCUT2D eigenvalue weighted by atomic mass is 32.2. The molecule has 0 radical (unpaired) electrons. The zero-order chi connectivity index (χ0) is 9.72. The zero-order valence-corrected chi connectivity index (χ0v) is 8.27. The van der Waals surface area contributed by atoms with Crippen molar-refractivity contribution in [1.29, 1.82) is 0 Å². The van der Waals surface area contributed by atoms with Gasteiger partial charge in [-0.05, 0) is 26.8 Å². The molecule has 0 atom stereocenters. The highest BCUT2D eigenvalue weighted by Crippen LogP contribution is 2.29. The SMILES string of the molecule is C=C(F)SC(/C=C(\C)F)=C(C)C. The summed E-state index contributed by atoms with van der Waals surface area (Å²) < 4.78 is 24.8. The van der Waals surface area contributed by atoms with Gasteiger partial charge in [-0.3, -0.25) is 0 Å². The average Bonchev–Trinajstić information content (AvgIpc) is 1.83. The topological polar surface area (TPSA) is 0 Å².